The van der Waals surface area contributed by atoms with E-state index in [0.29, 0.717) is 5.69 Å². The molecular formula is C10H8BrCl2F2NO2. The van der Waals surface area contributed by atoms with Crippen LogP contribution in [-0.2, 0) is 4.79 Å². The molecule has 1 aromatic rings. The number of halogens is 5. The summed E-state index contributed by atoms with van der Waals surface area (Å²) >= 11 is 14.6. The number of amides is 1. The Morgan fingerprint density at radius 1 is 1.39 bits per heavy atom. The minimum absolute atomic E-state index is 0.111. The van der Waals surface area contributed by atoms with E-state index in [9.17, 15) is 13.6 Å². The molecule has 1 unspecified atom stereocenters. The summed E-state index contributed by atoms with van der Waals surface area (Å²) in [5.41, 5.74) is 0.294. The molecular weight excluding hydrogens is 355 g/mol. The molecule has 8 heteroatoms. The molecule has 0 saturated heterocycles. The van der Waals surface area contributed by atoms with Gasteiger partial charge >= 0.3 is 6.61 Å². The molecule has 1 N–H and O–H groups in total. The Bertz CT molecular complexity index is 434. The maximum Gasteiger partial charge on any atom is 0.387 e. The second kappa shape index (κ2) is 6.54. The molecule has 100 valence electrons. The van der Waals surface area contributed by atoms with Crippen molar-refractivity contribution in [2.75, 3.05) is 5.32 Å². The number of hydrogen-bond donors (Lipinski definition) is 1. The third-order valence-corrected chi connectivity index (χ3v) is 2.81. The maximum atomic E-state index is 12.1. The smallest absolute Gasteiger partial charge is 0.387 e. The van der Waals surface area contributed by atoms with E-state index in [4.69, 9.17) is 23.2 Å². The highest BCUT2D eigenvalue weighted by molar-refractivity contribution is 9.10. The van der Waals surface area contributed by atoms with Gasteiger partial charge in [-0.05, 0) is 19.1 Å². The second-order valence-electron chi connectivity index (χ2n) is 3.25. The van der Waals surface area contributed by atoms with Crippen LogP contribution in [0.3, 0.4) is 0 Å². The summed E-state index contributed by atoms with van der Waals surface area (Å²) in [4.78, 5) is 11.0. The van der Waals surface area contributed by atoms with Crippen LogP contribution < -0.4 is 10.1 Å². The molecule has 0 heterocycles. The molecule has 18 heavy (non-hydrogen) atoms. The lowest BCUT2D eigenvalue weighted by molar-refractivity contribution is -0.115. The second-order valence-corrected chi connectivity index (χ2v) is 5.44. The zero-order valence-electron chi connectivity index (χ0n) is 9.02. The molecule has 0 spiro atoms. The highest BCUT2D eigenvalue weighted by atomic mass is 79.9. The topological polar surface area (TPSA) is 38.3 Å². The normalized spacial score (nSPS) is 12.4. The molecule has 0 bridgehead atoms. The van der Waals surface area contributed by atoms with Crippen molar-refractivity contribution in [3.63, 3.8) is 0 Å². The Kier molecular flexibility index (Phi) is 5.62. The van der Waals surface area contributed by atoms with E-state index < -0.39 is 11.4 Å². The van der Waals surface area contributed by atoms with E-state index in [1.807, 2.05) is 0 Å². The van der Waals surface area contributed by atoms with Crippen LogP contribution in [0.15, 0.2) is 12.1 Å². The van der Waals surface area contributed by atoms with Gasteiger partial charge in [-0.2, -0.15) is 8.78 Å². The first kappa shape index (κ1) is 15.5. The van der Waals surface area contributed by atoms with Gasteiger partial charge in [0.25, 0.3) is 0 Å². The zero-order valence-corrected chi connectivity index (χ0v) is 12.1. The number of anilines is 1. The first-order chi connectivity index (χ1) is 8.31. The van der Waals surface area contributed by atoms with Crippen molar-refractivity contribution in [2.45, 2.75) is 18.4 Å². The Hall–Kier alpha value is -0.590. The van der Waals surface area contributed by atoms with E-state index >= 15 is 0 Å². The molecule has 0 aliphatic carbocycles. The zero-order chi connectivity index (χ0) is 13.9. The molecule has 1 atom stereocenters. The van der Waals surface area contributed by atoms with Crippen LogP contribution in [0, 0.1) is 0 Å². The van der Waals surface area contributed by atoms with Gasteiger partial charge in [-0.25, -0.2) is 0 Å². The van der Waals surface area contributed by atoms with E-state index in [2.05, 4.69) is 26.0 Å². The number of hydrogen-bond acceptors (Lipinski definition) is 2. The first-order valence-electron chi connectivity index (χ1n) is 4.70. The Morgan fingerprint density at radius 3 is 2.28 bits per heavy atom. The lowest BCUT2D eigenvalue weighted by Gasteiger charge is -2.12. The van der Waals surface area contributed by atoms with Gasteiger partial charge in [-0.15, -0.1) is 0 Å². The SMILES string of the molecule is CC(Br)C(=O)Nc1cc(Cl)c(OC(F)F)c(Cl)c1. The average Bonchev–Trinajstić information content (AvgIpc) is 2.23. The summed E-state index contributed by atoms with van der Waals surface area (Å²) in [5, 5.41) is 2.28. The fourth-order valence-electron chi connectivity index (χ4n) is 1.08. The average molecular weight is 363 g/mol. The number of ether oxygens (including phenoxy) is 1. The van der Waals surface area contributed by atoms with Crippen LogP contribution in [-0.4, -0.2) is 17.3 Å². The van der Waals surface area contributed by atoms with E-state index in [-0.39, 0.29) is 21.7 Å². The van der Waals surface area contributed by atoms with Gasteiger partial charge in [0, 0.05) is 5.69 Å². The van der Waals surface area contributed by atoms with Gasteiger partial charge in [-0.3, -0.25) is 4.79 Å². The van der Waals surface area contributed by atoms with Crippen LogP contribution in [0.5, 0.6) is 5.75 Å². The monoisotopic (exact) mass is 361 g/mol. The summed E-state index contributed by atoms with van der Waals surface area (Å²) in [6.45, 7) is -1.39. The fourth-order valence-corrected chi connectivity index (χ4v) is 1.77. The van der Waals surface area contributed by atoms with Crippen LogP contribution in [0.4, 0.5) is 14.5 Å². The maximum absolute atomic E-state index is 12.1. The van der Waals surface area contributed by atoms with Crippen molar-refractivity contribution in [1.29, 1.82) is 0 Å². The third-order valence-electron chi connectivity index (χ3n) is 1.83. The predicted octanol–water partition coefficient (Wildman–Crippen LogP) is 4.32. The van der Waals surface area contributed by atoms with E-state index in [0.717, 1.165) is 0 Å². The molecule has 0 radical (unpaired) electrons. The highest BCUT2D eigenvalue weighted by Crippen LogP contribution is 2.37. The van der Waals surface area contributed by atoms with Gasteiger partial charge < -0.3 is 10.1 Å². The molecule has 3 nitrogen and oxygen atoms in total. The van der Waals surface area contributed by atoms with E-state index in [1.165, 1.54) is 12.1 Å². The van der Waals surface area contributed by atoms with Crippen molar-refractivity contribution in [3.05, 3.63) is 22.2 Å². The highest BCUT2D eigenvalue weighted by Gasteiger charge is 2.16. The Morgan fingerprint density at radius 2 is 1.89 bits per heavy atom. The molecule has 1 amide bonds. The minimum atomic E-state index is -3.02. The van der Waals surface area contributed by atoms with Crippen LogP contribution in [0.25, 0.3) is 0 Å². The summed E-state index contributed by atoms with van der Waals surface area (Å²) in [6.07, 6.45) is 0. The number of carbonyl (C=O) groups is 1. The quantitative estimate of drug-likeness (QED) is 0.810. The number of rotatable bonds is 4. The lowest BCUT2D eigenvalue weighted by Crippen LogP contribution is -2.19. The van der Waals surface area contributed by atoms with Crippen LogP contribution in [0.1, 0.15) is 6.92 Å². The predicted molar refractivity (Wildman–Crippen MR) is 70.1 cm³/mol. The fraction of sp³-hybridized carbons (Fsp3) is 0.300. The molecule has 0 saturated carbocycles. The number of nitrogens with one attached hydrogen (secondary N) is 1. The van der Waals surface area contributed by atoms with Crippen molar-refractivity contribution >= 4 is 50.7 Å². The Labute approximate surface area is 121 Å². The first-order valence-corrected chi connectivity index (χ1v) is 6.37. The largest absolute Gasteiger partial charge is 0.432 e. The molecule has 1 aromatic carbocycles. The van der Waals surface area contributed by atoms with Gasteiger partial charge in [-0.1, -0.05) is 39.1 Å². The van der Waals surface area contributed by atoms with Crippen LogP contribution in [0.2, 0.25) is 10.0 Å². The third kappa shape index (κ3) is 4.26. The number of carbonyl (C=O) groups excluding carboxylic acids is 1. The standard InChI is InChI=1S/C10H8BrCl2F2NO2/c1-4(11)9(17)16-5-2-6(12)8(7(13)3-5)18-10(14)15/h2-4,10H,1H3,(H,16,17). The number of alkyl halides is 3. The van der Waals surface area contributed by atoms with Gasteiger partial charge in [0.05, 0.1) is 14.9 Å². The summed E-state index contributed by atoms with van der Waals surface area (Å²) < 4.78 is 28.3. The summed E-state index contributed by atoms with van der Waals surface area (Å²) in [5.74, 6) is -0.636. The van der Waals surface area contributed by atoms with Gasteiger partial charge in [0.15, 0.2) is 5.75 Å². The summed E-state index contributed by atoms with van der Waals surface area (Å²) in [6, 6.07) is 2.55. The minimum Gasteiger partial charge on any atom is -0.432 e. The van der Waals surface area contributed by atoms with Gasteiger partial charge in [0.1, 0.15) is 0 Å². The van der Waals surface area contributed by atoms with Crippen LogP contribution >= 0.6 is 39.1 Å². The van der Waals surface area contributed by atoms with E-state index in [1.54, 1.807) is 6.92 Å². The summed E-state index contributed by atoms with van der Waals surface area (Å²) in [7, 11) is 0. The molecule has 1 rings (SSSR count). The molecule has 0 aromatic heterocycles. The van der Waals surface area contributed by atoms with Crippen molar-refractivity contribution < 1.29 is 18.3 Å². The Balaban J connectivity index is 2.96. The van der Waals surface area contributed by atoms with Crippen molar-refractivity contribution in [2.24, 2.45) is 0 Å². The lowest BCUT2D eigenvalue weighted by atomic mass is 10.3. The molecule has 0 aliphatic rings. The van der Waals surface area contributed by atoms with Crippen molar-refractivity contribution in [3.8, 4) is 5.75 Å². The molecule has 0 aliphatic heterocycles. The molecule has 0 fully saturated rings. The van der Waals surface area contributed by atoms with Gasteiger partial charge in [0.2, 0.25) is 5.91 Å². The van der Waals surface area contributed by atoms with Crippen molar-refractivity contribution in [1.82, 2.24) is 0 Å². The number of benzene rings is 1.